The van der Waals surface area contributed by atoms with E-state index in [1.165, 1.54) is 0 Å². The number of hydrogen-bond acceptors (Lipinski definition) is 2. The quantitative estimate of drug-likeness (QED) is 0.593. The molecule has 0 spiro atoms. The summed E-state index contributed by atoms with van der Waals surface area (Å²) in [5.41, 5.74) is 0.942. The molecule has 76 valence electrons. The molecule has 0 aromatic heterocycles. The van der Waals surface area contributed by atoms with Gasteiger partial charge in [0.1, 0.15) is 5.75 Å². The maximum Gasteiger partial charge on any atom is 0.511 e. The van der Waals surface area contributed by atoms with Crippen LogP contribution in [0.1, 0.15) is 31.7 Å². The van der Waals surface area contributed by atoms with Crippen LogP contribution in [-0.4, -0.2) is 11.3 Å². The Balaban J connectivity index is 2.96. The molecular formula is C11H14O3. The van der Waals surface area contributed by atoms with Gasteiger partial charge in [-0.2, -0.15) is 0 Å². The Morgan fingerprint density at radius 1 is 1.50 bits per heavy atom. The van der Waals surface area contributed by atoms with Crippen LogP contribution < -0.4 is 4.74 Å². The van der Waals surface area contributed by atoms with Crippen molar-refractivity contribution in [2.75, 3.05) is 0 Å². The second kappa shape index (κ2) is 4.65. The molecule has 0 aliphatic heterocycles. The van der Waals surface area contributed by atoms with Gasteiger partial charge in [0.15, 0.2) is 0 Å². The molecule has 3 nitrogen and oxygen atoms in total. The number of para-hydroxylation sites is 1. The van der Waals surface area contributed by atoms with Gasteiger partial charge in [-0.3, -0.25) is 0 Å². The first kappa shape index (κ1) is 10.6. The zero-order valence-electron chi connectivity index (χ0n) is 8.36. The van der Waals surface area contributed by atoms with Crippen LogP contribution in [0.25, 0.3) is 0 Å². The molecule has 0 fully saturated rings. The summed E-state index contributed by atoms with van der Waals surface area (Å²) in [4.78, 5) is 10.4. The fraction of sp³-hybridized carbons (Fsp3) is 0.364. The number of ether oxygens (including phenoxy) is 1. The molecule has 0 amide bonds. The van der Waals surface area contributed by atoms with Crippen molar-refractivity contribution < 1.29 is 14.6 Å². The summed E-state index contributed by atoms with van der Waals surface area (Å²) in [6, 6.07) is 7.22. The van der Waals surface area contributed by atoms with Gasteiger partial charge < -0.3 is 9.84 Å². The second-order valence-electron chi connectivity index (χ2n) is 3.22. The Hall–Kier alpha value is -1.51. The van der Waals surface area contributed by atoms with Crippen molar-refractivity contribution in [1.82, 2.24) is 0 Å². The van der Waals surface area contributed by atoms with E-state index in [9.17, 15) is 4.79 Å². The molecule has 1 aromatic carbocycles. The van der Waals surface area contributed by atoms with Crippen LogP contribution in [0.3, 0.4) is 0 Å². The maximum atomic E-state index is 10.4. The first-order valence-electron chi connectivity index (χ1n) is 4.64. The van der Waals surface area contributed by atoms with E-state index in [1.807, 2.05) is 19.1 Å². The lowest BCUT2D eigenvalue weighted by atomic mass is 9.98. The van der Waals surface area contributed by atoms with Crippen LogP contribution in [0.15, 0.2) is 24.3 Å². The topological polar surface area (TPSA) is 46.5 Å². The number of carboxylic acid groups (broad SMARTS) is 1. The van der Waals surface area contributed by atoms with Crippen LogP contribution >= 0.6 is 0 Å². The van der Waals surface area contributed by atoms with Gasteiger partial charge in [-0.15, -0.1) is 0 Å². The summed E-state index contributed by atoms with van der Waals surface area (Å²) in [6.45, 7) is 4.10. The summed E-state index contributed by atoms with van der Waals surface area (Å²) >= 11 is 0. The maximum absolute atomic E-state index is 10.4. The van der Waals surface area contributed by atoms with Crippen LogP contribution in [0.2, 0.25) is 0 Å². The predicted octanol–water partition coefficient (Wildman–Crippen LogP) is 3.26. The van der Waals surface area contributed by atoms with Crippen molar-refractivity contribution in [3.8, 4) is 5.75 Å². The first-order chi connectivity index (χ1) is 6.65. The molecule has 1 aromatic rings. The van der Waals surface area contributed by atoms with E-state index < -0.39 is 6.16 Å². The smallest absolute Gasteiger partial charge is 0.449 e. The highest BCUT2D eigenvalue weighted by atomic mass is 16.7. The lowest BCUT2D eigenvalue weighted by Gasteiger charge is -2.12. The van der Waals surface area contributed by atoms with Crippen molar-refractivity contribution in [1.29, 1.82) is 0 Å². The third-order valence-electron chi connectivity index (χ3n) is 2.26. The Labute approximate surface area is 83.3 Å². The van der Waals surface area contributed by atoms with Crippen molar-refractivity contribution in [2.45, 2.75) is 26.2 Å². The number of benzene rings is 1. The summed E-state index contributed by atoms with van der Waals surface area (Å²) in [5.74, 6) is 0.750. The molecule has 0 heterocycles. The second-order valence-corrected chi connectivity index (χ2v) is 3.22. The van der Waals surface area contributed by atoms with Crippen LogP contribution in [0, 0.1) is 0 Å². The standard InChI is InChI=1S/C11H14O3/c1-3-8(2)9-6-4-5-7-10(9)14-11(12)13/h4-8H,3H2,1-2H3,(H,12,13). The van der Waals surface area contributed by atoms with E-state index in [2.05, 4.69) is 11.7 Å². The van der Waals surface area contributed by atoms with Crippen molar-refractivity contribution in [2.24, 2.45) is 0 Å². The molecule has 1 atom stereocenters. The van der Waals surface area contributed by atoms with E-state index in [4.69, 9.17) is 5.11 Å². The van der Waals surface area contributed by atoms with Gasteiger partial charge in [0, 0.05) is 0 Å². The third kappa shape index (κ3) is 2.49. The molecule has 0 saturated carbocycles. The molecular weight excluding hydrogens is 180 g/mol. The minimum atomic E-state index is -1.26. The van der Waals surface area contributed by atoms with Gasteiger partial charge in [0.25, 0.3) is 0 Å². The Morgan fingerprint density at radius 2 is 2.14 bits per heavy atom. The predicted molar refractivity (Wildman–Crippen MR) is 53.8 cm³/mol. The number of rotatable bonds is 3. The van der Waals surface area contributed by atoms with Gasteiger partial charge in [0.2, 0.25) is 0 Å². The average Bonchev–Trinajstić information content (AvgIpc) is 2.16. The zero-order chi connectivity index (χ0) is 10.6. The minimum absolute atomic E-state index is 0.311. The molecule has 0 radical (unpaired) electrons. The van der Waals surface area contributed by atoms with E-state index in [1.54, 1.807) is 12.1 Å². The van der Waals surface area contributed by atoms with Crippen LogP contribution in [0.5, 0.6) is 5.75 Å². The highest BCUT2D eigenvalue weighted by molar-refractivity contribution is 5.62. The van der Waals surface area contributed by atoms with Gasteiger partial charge in [-0.05, 0) is 24.0 Å². The largest absolute Gasteiger partial charge is 0.511 e. The molecule has 1 unspecified atom stereocenters. The molecule has 14 heavy (non-hydrogen) atoms. The Kier molecular flexibility index (Phi) is 3.51. The van der Waals surface area contributed by atoms with Gasteiger partial charge in [-0.25, -0.2) is 4.79 Å². The van der Waals surface area contributed by atoms with E-state index in [0.29, 0.717) is 11.7 Å². The van der Waals surface area contributed by atoms with Crippen molar-refractivity contribution in [3.05, 3.63) is 29.8 Å². The van der Waals surface area contributed by atoms with Crippen LogP contribution in [0.4, 0.5) is 4.79 Å². The van der Waals surface area contributed by atoms with Crippen LogP contribution in [-0.2, 0) is 0 Å². The first-order valence-corrected chi connectivity index (χ1v) is 4.64. The fourth-order valence-electron chi connectivity index (χ4n) is 1.29. The summed E-state index contributed by atoms with van der Waals surface area (Å²) in [7, 11) is 0. The van der Waals surface area contributed by atoms with E-state index in [0.717, 1.165) is 12.0 Å². The normalized spacial score (nSPS) is 12.1. The van der Waals surface area contributed by atoms with Gasteiger partial charge in [-0.1, -0.05) is 32.0 Å². The van der Waals surface area contributed by atoms with Gasteiger partial charge in [0.05, 0.1) is 0 Å². The molecule has 3 heteroatoms. The van der Waals surface area contributed by atoms with E-state index >= 15 is 0 Å². The fourth-order valence-corrected chi connectivity index (χ4v) is 1.29. The molecule has 1 N–H and O–H groups in total. The Bertz CT molecular complexity index is 320. The lowest BCUT2D eigenvalue weighted by molar-refractivity contribution is 0.144. The Morgan fingerprint density at radius 3 is 2.71 bits per heavy atom. The van der Waals surface area contributed by atoms with Gasteiger partial charge >= 0.3 is 6.16 Å². The molecule has 0 saturated heterocycles. The summed E-state index contributed by atoms with van der Waals surface area (Å²) in [6.07, 6.45) is -0.305. The number of hydrogen-bond donors (Lipinski definition) is 1. The molecule has 0 bridgehead atoms. The van der Waals surface area contributed by atoms with Crippen molar-refractivity contribution >= 4 is 6.16 Å². The third-order valence-corrected chi connectivity index (χ3v) is 2.26. The minimum Gasteiger partial charge on any atom is -0.449 e. The average molecular weight is 194 g/mol. The monoisotopic (exact) mass is 194 g/mol. The molecule has 0 aliphatic carbocycles. The van der Waals surface area contributed by atoms with E-state index in [-0.39, 0.29) is 0 Å². The SMILES string of the molecule is CCC(C)c1ccccc1OC(=O)O. The molecule has 0 aliphatic rings. The zero-order valence-corrected chi connectivity index (χ0v) is 8.36. The lowest BCUT2D eigenvalue weighted by Crippen LogP contribution is -2.06. The number of carbonyl (C=O) groups is 1. The van der Waals surface area contributed by atoms with Crippen molar-refractivity contribution in [3.63, 3.8) is 0 Å². The highest BCUT2D eigenvalue weighted by Gasteiger charge is 2.11. The molecule has 1 rings (SSSR count). The summed E-state index contributed by atoms with van der Waals surface area (Å²) < 4.78 is 4.68. The highest BCUT2D eigenvalue weighted by Crippen LogP contribution is 2.28. The summed E-state index contributed by atoms with van der Waals surface area (Å²) in [5, 5.41) is 8.52.